The second kappa shape index (κ2) is 13.6. The van der Waals surface area contributed by atoms with E-state index in [4.69, 9.17) is 18.9 Å². The number of hydrogen-bond acceptors (Lipinski definition) is 7. The number of carbonyl (C=O) groups is 2. The highest BCUT2D eigenvalue weighted by Gasteiger charge is 2.20. The van der Waals surface area contributed by atoms with Crippen LogP contribution in [-0.2, 0) is 16.0 Å². The average molecular weight is 500 g/mol. The summed E-state index contributed by atoms with van der Waals surface area (Å²) >= 11 is 0. The summed E-state index contributed by atoms with van der Waals surface area (Å²) in [7, 11) is 6.25. The first kappa shape index (κ1) is 27.1. The van der Waals surface area contributed by atoms with Crippen molar-refractivity contribution in [2.24, 2.45) is 0 Å². The van der Waals surface area contributed by atoms with Gasteiger partial charge in [0.05, 0.1) is 28.4 Å². The van der Waals surface area contributed by atoms with Crippen LogP contribution >= 0.6 is 0 Å². The summed E-state index contributed by atoms with van der Waals surface area (Å²) in [5, 5.41) is 2.91. The molecule has 196 valence electrons. The highest BCUT2D eigenvalue weighted by atomic mass is 16.5. The Morgan fingerprint density at radius 2 is 1.53 bits per heavy atom. The SMILES string of the molecule is COc1ccc(CCC(=O)N2CCCN(CCC(=O)Nc3cc(OC)c(OC)c(OC)c3)CC2)cc1. The normalized spacial score (nSPS) is 14.1. The smallest absolute Gasteiger partial charge is 0.225 e. The molecule has 1 N–H and O–H groups in total. The minimum atomic E-state index is -0.0963. The lowest BCUT2D eigenvalue weighted by Gasteiger charge is -2.22. The standard InChI is InChI=1S/C27H37N3O6/c1-33-22-9-6-20(7-10-22)8-11-26(32)30-14-5-13-29(16-17-30)15-12-25(31)28-21-18-23(34-2)27(36-4)24(19-21)35-3/h6-7,9-10,18-19H,5,8,11-17H2,1-4H3,(H,28,31). The Bertz CT molecular complexity index is 986. The lowest BCUT2D eigenvalue weighted by molar-refractivity contribution is -0.131. The molecule has 3 rings (SSSR count). The number of nitrogens with one attached hydrogen (secondary N) is 1. The van der Waals surface area contributed by atoms with Gasteiger partial charge in [-0.3, -0.25) is 9.59 Å². The van der Waals surface area contributed by atoms with Gasteiger partial charge in [-0.1, -0.05) is 12.1 Å². The number of rotatable bonds is 11. The van der Waals surface area contributed by atoms with Gasteiger partial charge in [-0.2, -0.15) is 0 Å². The molecular weight excluding hydrogens is 462 g/mol. The van der Waals surface area contributed by atoms with Crippen LogP contribution in [0, 0.1) is 0 Å². The van der Waals surface area contributed by atoms with Gasteiger partial charge in [-0.05, 0) is 37.1 Å². The molecule has 9 heteroatoms. The van der Waals surface area contributed by atoms with Gasteiger partial charge in [-0.25, -0.2) is 0 Å². The summed E-state index contributed by atoms with van der Waals surface area (Å²) in [5.74, 6) is 2.34. The third-order valence-electron chi connectivity index (χ3n) is 6.33. The van der Waals surface area contributed by atoms with Crippen LogP contribution < -0.4 is 24.3 Å². The Hall–Kier alpha value is -3.46. The minimum absolute atomic E-state index is 0.0963. The van der Waals surface area contributed by atoms with Crippen molar-refractivity contribution < 1.29 is 28.5 Å². The Morgan fingerprint density at radius 3 is 2.14 bits per heavy atom. The zero-order valence-electron chi connectivity index (χ0n) is 21.7. The Labute approximate surface area is 213 Å². The third-order valence-corrected chi connectivity index (χ3v) is 6.33. The van der Waals surface area contributed by atoms with Crippen LogP contribution in [-0.4, -0.2) is 82.8 Å². The predicted octanol–water partition coefficient (Wildman–Crippen LogP) is 3.22. The molecule has 1 aliphatic heterocycles. The summed E-state index contributed by atoms with van der Waals surface area (Å²) in [6.45, 7) is 3.67. The maximum atomic E-state index is 12.8. The van der Waals surface area contributed by atoms with Crippen LogP contribution in [0.4, 0.5) is 5.69 Å². The van der Waals surface area contributed by atoms with Crippen LogP contribution in [0.25, 0.3) is 0 Å². The molecule has 0 radical (unpaired) electrons. The van der Waals surface area contributed by atoms with Gasteiger partial charge in [0.2, 0.25) is 17.6 Å². The molecule has 1 saturated heterocycles. The van der Waals surface area contributed by atoms with Gasteiger partial charge in [-0.15, -0.1) is 0 Å². The molecule has 0 atom stereocenters. The molecule has 2 aromatic rings. The van der Waals surface area contributed by atoms with Gasteiger partial charge < -0.3 is 34.1 Å². The molecule has 9 nitrogen and oxygen atoms in total. The summed E-state index contributed by atoms with van der Waals surface area (Å²) in [4.78, 5) is 29.6. The number of methoxy groups -OCH3 is 4. The topological polar surface area (TPSA) is 89.6 Å². The molecule has 0 spiro atoms. The summed E-state index contributed by atoms with van der Waals surface area (Å²) < 4.78 is 21.2. The van der Waals surface area contributed by atoms with E-state index >= 15 is 0 Å². The fourth-order valence-electron chi connectivity index (χ4n) is 4.28. The Morgan fingerprint density at radius 1 is 0.833 bits per heavy atom. The predicted molar refractivity (Wildman–Crippen MR) is 138 cm³/mol. The number of nitrogens with zero attached hydrogens (tertiary/aromatic N) is 2. The molecule has 1 aliphatic rings. The van der Waals surface area contributed by atoms with Gasteiger partial charge >= 0.3 is 0 Å². The Balaban J connectivity index is 1.44. The molecular formula is C27H37N3O6. The number of aryl methyl sites for hydroxylation is 1. The van der Waals surface area contributed by atoms with Gasteiger partial charge in [0.1, 0.15) is 5.75 Å². The molecule has 36 heavy (non-hydrogen) atoms. The largest absolute Gasteiger partial charge is 0.497 e. The van der Waals surface area contributed by atoms with Crippen molar-refractivity contribution >= 4 is 17.5 Å². The summed E-state index contributed by atoms with van der Waals surface area (Å²) in [5.41, 5.74) is 1.71. The number of anilines is 1. The second-order valence-electron chi connectivity index (χ2n) is 8.64. The molecule has 2 aromatic carbocycles. The van der Waals surface area contributed by atoms with E-state index in [1.54, 1.807) is 19.2 Å². The van der Waals surface area contributed by atoms with Crippen molar-refractivity contribution in [3.8, 4) is 23.0 Å². The van der Waals surface area contributed by atoms with Crippen molar-refractivity contribution in [2.45, 2.75) is 25.7 Å². The number of benzene rings is 2. The highest BCUT2D eigenvalue weighted by Crippen LogP contribution is 2.39. The first-order valence-electron chi connectivity index (χ1n) is 12.2. The van der Waals surface area contributed by atoms with Crippen LogP contribution in [0.15, 0.2) is 36.4 Å². The fourth-order valence-corrected chi connectivity index (χ4v) is 4.28. The van der Waals surface area contributed by atoms with Crippen molar-refractivity contribution in [1.82, 2.24) is 9.80 Å². The van der Waals surface area contributed by atoms with Crippen LogP contribution in [0.5, 0.6) is 23.0 Å². The van der Waals surface area contributed by atoms with E-state index in [0.717, 1.165) is 37.4 Å². The van der Waals surface area contributed by atoms with Gasteiger partial charge in [0, 0.05) is 56.8 Å². The van der Waals surface area contributed by atoms with Crippen LogP contribution in [0.3, 0.4) is 0 Å². The van der Waals surface area contributed by atoms with Crippen molar-refractivity contribution in [3.63, 3.8) is 0 Å². The van der Waals surface area contributed by atoms with Crippen molar-refractivity contribution in [2.75, 3.05) is 66.5 Å². The molecule has 0 bridgehead atoms. The van der Waals surface area contributed by atoms with Crippen LogP contribution in [0.1, 0.15) is 24.8 Å². The van der Waals surface area contributed by atoms with E-state index in [9.17, 15) is 9.59 Å². The lowest BCUT2D eigenvalue weighted by Crippen LogP contribution is -2.36. The van der Waals surface area contributed by atoms with Gasteiger partial charge in [0.25, 0.3) is 0 Å². The maximum absolute atomic E-state index is 12.8. The minimum Gasteiger partial charge on any atom is -0.497 e. The molecule has 2 amide bonds. The average Bonchev–Trinajstić information content (AvgIpc) is 3.16. The van der Waals surface area contributed by atoms with E-state index in [1.807, 2.05) is 29.2 Å². The first-order valence-corrected chi connectivity index (χ1v) is 12.2. The van der Waals surface area contributed by atoms with Crippen LogP contribution in [0.2, 0.25) is 0 Å². The molecule has 0 unspecified atom stereocenters. The van der Waals surface area contributed by atoms with Crippen molar-refractivity contribution in [3.05, 3.63) is 42.0 Å². The lowest BCUT2D eigenvalue weighted by atomic mass is 10.1. The van der Waals surface area contributed by atoms with Crippen molar-refractivity contribution in [1.29, 1.82) is 0 Å². The fraction of sp³-hybridized carbons (Fsp3) is 0.481. The summed E-state index contributed by atoms with van der Waals surface area (Å²) in [6.07, 6.45) is 2.44. The van der Waals surface area contributed by atoms with Gasteiger partial charge in [0.15, 0.2) is 11.5 Å². The highest BCUT2D eigenvalue weighted by molar-refractivity contribution is 5.91. The molecule has 1 fully saturated rings. The molecule has 0 aromatic heterocycles. The number of amides is 2. The quantitative estimate of drug-likeness (QED) is 0.508. The number of hydrogen-bond donors (Lipinski definition) is 1. The van der Waals surface area contributed by atoms with E-state index in [0.29, 0.717) is 55.3 Å². The zero-order valence-corrected chi connectivity index (χ0v) is 21.7. The molecule has 0 aliphatic carbocycles. The number of carbonyl (C=O) groups excluding carboxylic acids is 2. The number of ether oxygens (including phenoxy) is 4. The van der Waals surface area contributed by atoms with E-state index in [1.165, 1.54) is 21.3 Å². The Kier molecular flexibility index (Phi) is 10.2. The maximum Gasteiger partial charge on any atom is 0.225 e. The third kappa shape index (κ3) is 7.52. The molecule has 1 heterocycles. The second-order valence-corrected chi connectivity index (χ2v) is 8.64. The van der Waals surface area contributed by atoms with E-state index in [2.05, 4.69) is 10.2 Å². The summed E-state index contributed by atoms with van der Waals surface area (Å²) in [6, 6.07) is 11.3. The molecule has 0 saturated carbocycles. The zero-order chi connectivity index (χ0) is 25.9. The van der Waals surface area contributed by atoms with E-state index in [-0.39, 0.29) is 11.8 Å². The van der Waals surface area contributed by atoms with E-state index < -0.39 is 0 Å². The first-order chi connectivity index (χ1) is 17.5. The monoisotopic (exact) mass is 499 g/mol.